The first-order valence-electron chi connectivity index (χ1n) is 18.4. The lowest BCUT2D eigenvalue weighted by Crippen LogP contribution is -2.45. The lowest BCUT2D eigenvalue weighted by molar-refractivity contribution is -0.156. The van der Waals surface area contributed by atoms with Gasteiger partial charge in [-0.2, -0.15) is 0 Å². The number of carbonyl (C=O) groups excluding carboxylic acids is 6. The van der Waals surface area contributed by atoms with E-state index in [2.05, 4.69) is 0 Å². The third-order valence-corrected chi connectivity index (χ3v) is 10.5. The molecule has 0 atom stereocenters. The van der Waals surface area contributed by atoms with Crippen LogP contribution in [0.4, 0.5) is 0 Å². The highest BCUT2D eigenvalue weighted by Crippen LogP contribution is 2.27. The predicted molar refractivity (Wildman–Crippen MR) is 185 cm³/mol. The maximum Gasteiger partial charge on any atom is 1.20 e. The molecule has 0 rings (SSSR count). The second-order valence-electron chi connectivity index (χ2n) is 12.3. The number of rotatable bonds is 30. The molecule has 0 N–H and O–H groups in total. The average molecular weight is 715 g/mol. The Morgan fingerprint density at radius 2 is 0.633 bits per heavy atom. The normalized spacial score (nSPS) is 11.9. The van der Waals surface area contributed by atoms with Gasteiger partial charge in [0.05, 0.1) is 0 Å². The maximum atomic E-state index is 13.3. The predicted octanol–water partition coefficient (Wildman–Crippen LogP) is 6.61. The quantitative estimate of drug-likeness (QED) is 0.0446. The van der Waals surface area contributed by atoms with Crippen LogP contribution in [0.2, 0.25) is 0 Å². The number of ketones is 3. The monoisotopic (exact) mass is 714 g/mol. The van der Waals surface area contributed by atoms with Crippen molar-refractivity contribution >= 4 is 50.4 Å². The van der Waals surface area contributed by atoms with Crippen LogP contribution in [-0.4, -0.2) is 87.0 Å². The van der Waals surface area contributed by atoms with Crippen LogP contribution in [0.1, 0.15) is 159 Å². The van der Waals surface area contributed by atoms with E-state index in [0.717, 1.165) is 38.5 Å². The molecule has 0 aromatic heterocycles. The highest BCUT2D eigenvalue weighted by atomic mass is 27.3. The molecule has 282 valence electrons. The van der Waals surface area contributed by atoms with E-state index >= 15 is 0 Å². The Morgan fingerprint density at radius 1 is 0.408 bits per heavy atom. The molecule has 0 amide bonds. The van der Waals surface area contributed by atoms with Gasteiger partial charge >= 0.3 is 15.1 Å². The molecule has 0 spiro atoms. The van der Waals surface area contributed by atoms with Crippen molar-refractivity contribution in [1.29, 1.82) is 0 Å². The van der Waals surface area contributed by atoms with Gasteiger partial charge in [-0.05, 0) is 57.8 Å². The molecule has 13 heteroatoms. The molecule has 0 aliphatic heterocycles. The smallest absolute Gasteiger partial charge is 0.550 e. The second kappa shape index (κ2) is 24.9. The van der Waals surface area contributed by atoms with E-state index in [1.54, 1.807) is 41.5 Å². The standard InChI is InChI=1S/3C12H22O4.Al/c3*1-4-7-8-16-12(5-2,6-3)10(13)9-11(14)15;/h3*4-9H2,1-3H3,(H,14,15);/q;;;+3/p-3. The molecule has 0 fully saturated rings. The third-order valence-electron chi connectivity index (χ3n) is 9.18. The molecular weight excluding hydrogens is 651 g/mol. The summed E-state index contributed by atoms with van der Waals surface area (Å²) < 4.78 is 33.7. The van der Waals surface area contributed by atoms with E-state index in [9.17, 15) is 28.8 Å². The Bertz CT molecular complexity index is 903. The Morgan fingerprint density at radius 3 is 0.816 bits per heavy atom. The molecule has 0 aromatic carbocycles. The van der Waals surface area contributed by atoms with E-state index < -0.39 is 86.5 Å². The van der Waals surface area contributed by atoms with Gasteiger partial charge in [-0.3, -0.25) is 28.8 Å². The summed E-state index contributed by atoms with van der Waals surface area (Å²) in [4.78, 5) is 79.0. The van der Waals surface area contributed by atoms with Crippen LogP contribution >= 0.6 is 0 Å². The molecule has 0 saturated carbocycles. The zero-order valence-corrected chi connectivity index (χ0v) is 32.9. The summed E-state index contributed by atoms with van der Waals surface area (Å²) in [5.41, 5.74) is -3.62. The SMILES string of the molecule is CCCCOC(CC)(CC)C(=O)CC(=O)[O][Al]([O]C(=O)CC(=O)C(CC)(CC)OCCCC)[O]C(=O)CC(=O)C(CC)(CC)OCCCC. The van der Waals surface area contributed by atoms with Gasteiger partial charge in [-0.15, -0.1) is 0 Å². The van der Waals surface area contributed by atoms with Crippen LogP contribution < -0.4 is 0 Å². The van der Waals surface area contributed by atoms with E-state index in [1.165, 1.54) is 0 Å². The molecule has 0 heterocycles. The van der Waals surface area contributed by atoms with Crippen molar-refractivity contribution in [2.24, 2.45) is 0 Å². The van der Waals surface area contributed by atoms with Crippen LogP contribution in [0.5, 0.6) is 0 Å². The molecule has 0 aromatic rings. The van der Waals surface area contributed by atoms with Crippen molar-refractivity contribution in [1.82, 2.24) is 0 Å². The molecular formula is C36H63AlO12. The summed E-state index contributed by atoms with van der Waals surface area (Å²) in [6.07, 6.45) is 4.57. The van der Waals surface area contributed by atoms with Gasteiger partial charge < -0.3 is 25.6 Å². The number of Topliss-reactive ketones (excluding diaryl/α,β-unsaturated/α-hetero) is 3. The minimum Gasteiger partial charge on any atom is -0.550 e. The number of hydrogen-bond acceptors (Lipinski definition) is 12. The van der Waals surface area contributed by atoms with Crippen LogP contribution in [0.3, 0.4) is 0 Å². The van der Waals surface area contributed by atoms with Gasteiger partial charge in [-0.1, -0.05) is 81.6 Å². The summed E-state index contributed by atoms with van der Waals surface area (Å²) in [6.45, 7) is 17.7. The first-order valence-corrected chi connectivity index (χ1v) is 19.8. The fourth-order valence-corrected chi connectivity index (χ4v) is 6.46. The van der Waals surface area contributed by atoms with Crippen molar-refractivity contribution < 1.29 is 54.3 Å². The third kappa shape index (κ3) is 15.3. The maximum absolute atomic E-state index is 13.3. The van der Waals surface area contributed by atoms with E-state index in [-0.39, 0.29) is 0 Å². The van der Waals surface area contributed by atoms with Gasteiger partial charge in [-0.25, -0.2) is 0 Å². The van der Waals surface area contributed by atoms with Crippen molar-refractivity contribution in [2.75, 3.05) is 19.8 Å². The largest absolute Gasteiger partial charge is 1.20 e. The summed E-state index contributed by atoms with van der Waals surface area (Å²) in [5, 5.41) is 0. The van der Waals surface area contributed by atoms with Gasteiger partial charge in [0, 0.05) is 19.8 Å². The summed E-state index contributed by atoms with van der Waals surface area (Å²) >= 11 is -4.01. The highest BCUT2D eigenvalue weighted by Gasteiger charge is 2.51. The second-order valence-corrected chi connectivity index (χ2v) is 13.6. The number of ether oxygens (including phenoxy) is 3. The Hall–Kier alpha value is -2.17. The van der Waals surface area contributed by atoms with Gasteiger partial charge in [0.1, 0.15) is 36.1 Å². The van der Waals surface area contributed by atoms with Gasteiger partial charge in [0.2, 0.25) is 0 Å². The fourth-order valence-electron chi connectivity index (χ4n) is 5.42. The number of unbranched alkanes of at least 4 members (excludes halogenated alkanes) is 3. The fraction of sp³-hybridized carbons (Fsp3) is 0.833. The zero-order valence-electron chi connectivity index (χ0n) is 31.7. The lowest BCUT2D eigenvalue weighted by Gasteiger charge is -2.31. The van der Waals surface area contributed by atoms with Crippen LogP contribution in [0.25, 0.3) is 0 Å². The minimum atomic E-state index is -4.01. The number of hydrogen-bond donors (Lipinski definition) is 0. The molecule has 0 unspecified atom stereocenters. The van der Waals surface area contributed by atoms with Crippen molar-refractivity contribution in [2.45, 2.75) is 175 Å². The van der Waals surface area contributed by atoms with Gasteiger partial charge in [0.15, 0.2) is 17.3 Å². The van der Waals surface area contributed by atoms with Crippen LogP contribution in [0, 0.1) is 0 Å². The van der Waals surface area contributed by atoms with Crippen LogP contribution in [0.15, 0.2) is 0 Å². The highest BCUT2D eigenvalue weighted by molar-refractivity contribution is 6.44. The van der Waals surface area contributed by atoms with Crippen molar-refractivity contribution in [3.8, 4) is 0 Å². The van der Waals surface area contributed by atoms with E-state index in [4.69, 9.17) is 25.6 Å². The first-order chi connectivity index (χ1) is 23.3. The molecule has 49 heavy (non-hydrogen) atoms. The van der Waals surface area contributed by atoms with Crippen LogP contribution in [-0.2, 0) is 54.3 Å². The molecule has 0 aliphatic rings. The summed E-state index contributed by atoms with van der Waals surface area (Å²) in [7, 11) is 0. The summed E-state index contributed by atoms with van der Waals surface area (Å²) in [6, 6.07) is 0. The topological polar surface area (TPSA) is 158 Å². The Kier molecular flexibility index (Phi) is 23.8. The Balaban J connectivity index is 6.07. The zero-order chi connectivity index (χ0) is 37.5. The molecule has 0 saturated heterocycles. The van der Waals surface area contributed by atoms with E-state index in [0.29, 0.717) is 58.3 Å². The lowest BCUT2D eigenvalue weighted by atomic mass is 9.90. The minimum absolute atomic E-state index is 0.322. The average Bonchev–Trinajstić information content (AvgIpc) is 3.07. The van der Waals surface area contributed by atoms with Crippen molar-refractivity contribution in [3.05, 3.63) is 0 Å². The summed E-state index contributed by atoms with van der Waals surface area (Å²) in [5.74, 6) is -4.80. The van der Waals surface area contributed by atoms with Crippen molar-refractivity contribution in [3.63, 3.8) is 0 Å². The molecule has 0 radical (unpaired) electrons. The Labute approximate surface area is 299 Å². The van der Waals surface area contributed by atoms with Gasteiger partial charge in [0.25, 0.3) is 17.9 Å². The molecule has 12 nitrogen and oxygen atoms in total. The number of carbonyl (C=O) groups is 6. The molecule has 0 aliphatic carbocycles. The van der Waals surface area contributed by atoms with E-state index in [1.807, 2.05) is 20.8 Å². The first kappa shape index (κ1) is 46.8. The molecule has 0 bridgehead atoms.